The number of benzene rings is 3. The molecule has 0 aliphatic carbocycles. The molecule has 3 rings (SSSR count). The van der Waals surface area contributed by atoms with E-state index in [4.69, 9.17) is 9.47 Å². The summed E-state index contributed by atoms with van der Waals surface area (Å²) in [6.07, 6.45) is 4.36. The quantitative estimate of drug-likeness (QED) is 0.241. The smallest absolute Gasteiger partial charge is 0.127 e. The average Bonchev–Trinajstić information content (AvgIpc) is 2.65. The number of ether oxygens (including phenoxy) is 2. The molecule has 0 spiro atoms. The molecule has 0 fully saturated rings. The van der Waals surface area contributed by atoms with Crippen molar-refractivity contribution in [1.82, 2.24) is 0 Å². The predicted molar refractivity (Wildman–Crippen MR) is 118 cm³/mol. The molecule has 26 heavy (non-hydrogen) atoms. The van der Waals surface area contributed by atoms with Crippen LogP contribution in [0.15, 0.2) is 45.3 Å². The van der Waals surface area contributed by atoms with Crippen LogP contribution in [0.2, 0.25) is 0 Å². The van der Waals surface area contributed by atoms with Crippen molar-refractivity contribution in [3.05, 3.63) is 45.3 Å². The number of halogens is 2. The van der Waals surface area contributed by atoms with E-state index in [1.807, 2.05) is 12.1 Å². The lowest BCUT2D eigenvalue weighted by Gasteiger charge is -2.14. The van der Waals surface area contributed by atoms with Crippen LogP contribution in [-0.4, -0.2) is 13.2 Å². The van der Waals surface area contributed by atoms with Crippen LogP contribution in [0.5, 0.6) is 11.5 Å². The van der Waals surface area contributed by atoms with Crippen molar-refractivity contribution in [2.75, 3.05) is 13.2 Å². The molecule has 0 atom stereocenters. The van der Waals surface area contributed by atoms with Crippen molar-refractivity contribution in [3.63, 3.8) is 0 Å². The van der Waals surface area contributed by atoms with Gasteiger partial charge in [0.2, 0.25) is 0 Å². The second-order valence-electron chi connectivity index (χ2n) is 6.44. The first-order chi connectivity index (χ1) is 12.7. The second-order valence-corrected chi connectivity index (χ2v) is 8.15. The Labute approximate surface area is 172 Å². The third-order valence-electron chi connectivity index (χ3n) is 4.48. The van der Waals surface area contributed by atoms with Crippen molar-refractivity contribution in [2.45, 2.75) is 39.5 Å². The van der Waals surface area contributed by atoms with Gasteiger partial charge in [-0.05, 0) is 49.2 Å². The summed E-state index contributed by atoms with van der Waals surface area (Å²) in [5.41, 5.74) is 0. The summed E-state index contributed by atoms with van der Waals surface area (Å²) in [5, 5.41) is 4.53. The molecule has 2 nitrogen and oxygen atoms in total. The topological polar surface area (TPSA) is 18.5 Å². The Morgan fingerprint density at radius 1 is 0.654 bits per heavy atom. The molecule has 0 amide bonds. The lowest BCUT2D eigenvalue weighted by atomic mass is 10.0. The molecule has 0 saturated heterocycles. The van der Waals surface area contributed by atoms with E-state index in [0.717, 1.165) is 80.9 Å². The molecular weight excluding hydrogens is 456 g/mol. The molecule has 0 aromatic heterocycles. The highest BCUT2D eigenvalue weighted by molar-refractivity contribution is 9.11. The maximum Gasteiger partial charge on any atom is 0.127 e. The van der Waals surface area contributed by atoms with Crippen LogP contribution in [0.3, 0.4) is 0 Å². The molecule has 138 valence electrons. The number of unbranched alkanes of at least 4 members (excludes halogenated alkanes) is 2. The third-order valence-corrected chi connectivity index (χ3v) is 5.86. The predicted octanol–water partition coefficient (Wildman–Crippen LogP) is 7.88. The lowest BCUT2D eigenvalue weighted by Crippen LogP contribution is -1.99. The van der Waals surface area contributed by atoms with Gasteiger partial charge in [-0.2, -0.15) is 0 Å². The normalized spacial score (nSPS) is 11.2. The standard InChI is InChI=1S/C22H24Br2O2/c1-3-5-11-25-21-9-7-19(23)15-13-16-18(14-17(15)21)22(10-8-20(16)24)26-12-6-4-2/h7-10,13-14H,3-6,11-12H2,1-2H3. The highest BCUT2D eigenvalue weighted by Crippen LogP contribution is 2.40. The number of hydrogen-bond acceptors (Lipinski definition) is 2. The van der Waals surface area contributed by atoms with Gasteiger partial charge in [0.15, 0.2) is 0 Å². The Hall–Kier alpha value is -1.26. The minimum Gasteiger partial charge on any atom is -0.493 e. The zero-order valence-corrected chi connectivity index (χ0v) is 18.5. The van der Waals surface area contributed by atoms with Gasteiger partial charge in [0.1, 0.15) is 11.5 Å². The minimum atomic E-state index is 0.740. The second kappa shape index (κ2) is 9.09. The SMILES string of the molecule is CCCCOc1ccc(Br)c2cc3c(Br)ccc(OCCCC)c3cc12. The molecule has 0 heterocycles. The van der Waals surface area contributed by atoms with Gasteiger partial charge in [-0.3, -0.25) is 0 Å². The van der Waals surface area contributed by atoms with Crippen LogP contribution < -0.4 is 9.47 Å². The summed E-state index contributed by atoms with van der Waals surface area (Å²) < 4.78 is 14.3. The zero-order chi connectivity index (χ0) is 18.5. The summed E-state index contributed by atoms with van der Waals surface area (Å²) in [6, 6.07) is 12.6. The number of fused-ring (bicyclic) bond motifs is 2. The van der Waals surface area contributed by atoms with Crippen LogP contribution >= 0.6 is 31.9 Å². The van der Waals surface area contributed by atoms with Gasteiger partial charge in [0, 0.05) is 30.5 Å². The van der Waals surface area contributed by atoms with E-state index in [1.165, 1.54) is 0 Å². The molecule has 4 heteroatoms. The first kappa shape index (κ1) is 19.5. The highest BCUT2D eigenvalue weighted by atomic mass is 79.9. The van der Waals surface area contributed by atoms with E-state index in [0.29, 0.717) is 0 Å². The van der Waals surface area contributed by atoms with Gasteiger partial charge >= 0.3 is 0 Å². The summed E-state index contributed by atoms with van der Waals surface area (Å²) in [4.78, 5) is 0. The van der Waals surface area contributed by atoms with Gasteiger partial charge in [0.25, 0.3) is 0 Å². The van der Waals surface area contributed by atoms with Crippen LogP contribution in [0, 0.1) is 0 Å². The van der Waals surface area contributed by atoms with E-state index >= 15 is 0 Å². The number of rotatable bonds is 8. The van der Waals surface area contributed by atoms with Crippen molar-refractivity contribution in [3.8, 4) is 11.5 Å². The van der Waals surface area contributed by atoms with Gasteiger partial charge in [-0.1, -0.05) is 58.5 Å². The molecular formula is C22H24Br2O2. The number of hydrogen-bond donors (Lipinski definition) is 0. The fourth-order valence-electron chi connectivity index (χ4n) is 2.96. The highest BCUT2D eigenvalue weighted by Gasteiger charge is 2.12. The Morgan fingerprint density at radius 3 is 1.50 bits per heavy atom. The Kier molecular flexibility index (Phi) is 6.82. The fraction of sp³-hybridized carbons (Fsp3) is 0.364. The summed E-state index contributed by atoms with van der Waals surface area (Å²) in [7, 11) is 0. The van der Waals surface area contributed by atoms with Crippen molar-refractivity contribution in [1.29, 1.82) is 0 Å². The molecule has 3 aromatic carbocycles. The first-order valence-corrected chi connectivity index (χ1v) is 10.8. The Bertz CT molecular complexity index is 835. The van der Waals surface area contributed by atoms with Crippen LogP contribution in [0.4, 0.5) is 0 Å². The zero-order valence-electron chi connectivity index (χ0n) is 15.3. The summed E-state index contributed by atoms with van der Waals surface area (Å²) in [6.45, 7) is 5.83. The Morgan fingerprint density at radius 2 is 1.08 bits per heavy atom. The fourth-order valence-corrected chi connectivity index (χ4v) is 3.88. The van der Waals surface area contributed by atoms with E-state index in [-0.39, 0.29) is 0 Å². The van der Waals surface area contributed by atoms with E-state index in [1.54, 1.807) is 0 Å². The Balaban J connectivity index is 2.13. The third kappa shape index (κ3) is 4.17. The molecule has 0 aliphatic heterocycles. The molecule has 3 aromatic rings. The van der Waals surface area contributed by atoms with Gasteiger partial charge < -0.3 is 9.47 Å². The molecule has 0 bridgehead atoms. The van der Waals surface area contributed by atoms with E-state index in [2.05, 4.69) is 70.0 Å². The first-order valence-electron chi connectivity index (χ1n) is 9.25. The van der Waals surface area contributed by atoms with E-state index in [9.17, 15) is 0 Å². The molecule has 0 N–H and O–H groups in total. The maximum atomic E-state index is 6.06. The summed E-state index contributed by atoms with van der Waals surface area (Å²) >= 11 is 7.38. The van der Waals surface area contributed by atoms with Gasteiger partial charge in [0.05, 0.1) is 13.2 Å². The molecule has 0 aliphatic rings. The van der Waals surface area contributed by atoms with Gasteiger partial charge in [-0.25, -0.2) is 0 Å². The summed E-state index contributed by atoms with van der Waals surface area (Å²) in [5.74, 6) is 1.86. The van der Waals surface area contributed by atoms with Crippen molar-refractivity contribution < 1.29 is 9.47 Å². The lowest BCUT2D eigenvalue weighted by molar-refractivity contribution is 0.312. The van der Waals surface area contributed by atoms with Crippen LogP contribution in [0.25, 0.3) is 21.5 Å². The van der Waals surface area contributed by atoms with Gasteiger partial charge in [-0.15, -0.1) is 0 Å². The van der Waals surface area contributed by atoms with E-state index < -0.39 is 0 Å². The largest absolute Gasteiger partial charge is 0.493 e. The monoisotopic (exact) mass is 478 g/mol. The van der Waals surface area contributed by atoms with Crippen molar-refractivity contribution >= 4 is 53.4 Å². The molecule has 0 unspecified atom stereocenters. The van der Waals surface area contributed by atoms with Crippen molar-refractivity contribution in [2.24, 2.45) is 0 Å². The van der Waals surface area contributed by atoms with Crippen LogP contribution in [0.1, 0.15) is 39.5 Å². The maximum absolute atomic E-state index is 6.06. The molecule has 0 radical (unpaired) electrons. The average molecular weight is 480 g/mol. The van der Waals surface area contributed by atoms with Crippen LogP contribution in [-0.2, 0) is 0 Å². The minimum absolute atomic E-state index is 0.740. The molecule has 0 saturated carbocycles.